The summed E-state index contributed by atoms with van der Waals surface area (Å²) in [5, 5.41) is 21.4. The predicted molar refractivity (Wildman–Crippen MR) is 112 cm³/mol. The molecule has 8 heteroatoms. The number of benzene rings is 2. The van der Waals surface area contributed by atoms with Gasteiger partial charge in [-0.25, -0.2) is 0 Å². The third-order valence-electron chi connectivity index (χ3n) is 4.79. The fourth-order valence-electron chi connectivity index (χ4n) is 3.38. The quantitative estimate of drug-likeness (QED) is 0.395. The Bertz CT molecular complexity index is 986. The average molecular weight is 432 g/mol. The number of aliphatic hydroxyl groups excluding tert-OH is 1. The number of methoxy groups -OCH3 is 1. The zero-order chi connectivity index (χ0) is 21.8. The second-order valence-electron chi connectivity index (χ2n) is 6.65. The van der Waals surface area contributed by atoms with Gasteiger partial charge in [-0.15, -0.1) is 0 Å². The van der Waals surface area contributed by atoms with Gasteiger partial charge in [-0.2, -0.15) is 0 Å². The van der Waals surface area contributed by atoms with Gasteiger partial charge in [-0.05, 0) is 48.9 Å². The van der Waals surface area contributed by atoms with E-state index in [-0.39, 0.29) is 36.0 Å². The van der Waals surface area contributed by atoms with E-state index in [1.54, 1.807) is 43.3 Å². The number of rotatable bonds is 7. The van der Waals surface area contributed by atoms with Crippen LogP contribution in [-0.2, 0) is 14.3 Å². The molecule has 158 valence electrons. The number of aromatic hydroxyl groups is 1. The topological polar surface area (TPSA) is 96.3 Å². The number of hydrogen-bond donors (Lipinski definition) is 2. The van der Waals surface area contributed by atoms with Crippen molar-refractivity contribution in [1.82, 2.24) is 4.90 Å². The normalized spacial score (nSPS) is 18.1. The van der Waals surface area contributed by atoms with Crippen LogP contribution in [0.1, 0.15) is 24.1 Å². The van der Waals surface area contributed by atoms with Crippen LogP contribution in [0.4, 0.5) is 0 Å². The molecule has 1 amide bonds. The van der Waals surface area contributed by atoms with Gasteiger partial charge in [0.25, 0.3) is 11.7 Å². The van der Waals surface area contributed by atoms with Crippen LogP contribution in [0, 0.1) is 0 Å². The molecule has 0 spiro atoms. The number of amides is 1. The molecule has 1 fully saturated rings. The van der Waals surface area contributed by atoms with Crippen LogP contribution in [0.2, 0.25) is 5.02 Å². The first-order valence-corrected chi connectivity index (χ1v) is 9.75. The Kier molecular flexibility index (Phi) is 6.64. The van der Waals surface area contributed by atoms with Gasteiger partial charge in [-0.3, -0.25) is 9.59 Å². The molecule has 1 atom stereocenters. The molecule has 2 N–H and O–H groups in total. The number of hydrogen-bond acceptors (Lipinski definition) is 6. The maximum Gasteiger partial charge on any atom is 0.295 e. The molecule has 0 bridgehead atoms. The van der Waals surface area contributed by atoms with Gasteiger partial charge in [0.15, 0.2) is 11.5 Å². The highest BCUT2D eigenvalue weighted by Gasteiger charge is 2.46. The average Bonchev–Trinajstić information content (AvgIpc) is 2.98. The standard InChI is InChI=1S/C22H22ClNO6/c1-3-30-17-12-14(6-9-16(17)25)19-18(20(26)13-4-7-15(23)8-5-13)21(27)22(28)24(19)10-11-29-2/h4-9,12,19,25-26H,3,10-11H2,1-2H3/b20-18+. The lowest BCUT2D eigenvalue weighted by molar-refractivity contribution is -0.140. The summed E-state index contributed by atoms with van der Waals surface area (Å²) in [7, 11) is 1.49. The first-order valence-electron chi connectivity index (χ1n) is 9.38. The SMILES string of the molecule is CCOc1cc(C2/C(=C(\O)c3ccc(Cl)cc3)C(=O)C(=O)N2CCOC)ccc1O. The monoisotopic (exact) mass is 431 g/mol. The Morgan fingerprint density at radius 1 is 1.17 bits per heavy atom. The van der Waals surface area contributed by atoms with E-state index < -0.39 is 17.7 Å². The van der Waals surface area contributed by atoms with Crippen molar-refractivity contribution in [1.29, 1.82) is 0 Å². The second-order valence-corrected chi connectivity index (χ2v) is 7.09. The molecule has 7 nitrogen and oxygen atoms in total. The predicted octanol–water partition coefficient (Wildman–Crippen LogP) is 3.51. The highest BCUT2D eigenvalue weighted by molar-refractivity contribution is 6.46. The van der Waals surface area contributed by atoms with Crippen molar-refractivity contribution in [3.63, 3.8) is 0 Å². The van der Waals surface area contributed by atoms with Gasteiger partial charge in [0.1, 0.15) is 5.76 Å². The Hall–Kier alpha value is -3.03. The number of phenolic OH excluding ortho intramolecular Hbond substituents is 1. The Balaban J connectivity index is 2.17. The van der Waals surface area contributed by atoms with Crippen molar-refractivity contribution in [2.75, 3.05) is 26.9 Å². The largest absolute Gasteiger partial charge is 0.507 e. The molecular formula is C22H22ClNO6. The van der Waals surface area contributed by atoms with Gasteiger partial charge >= 0.3 is 0 Å². The zero-order valence-corrected chi connectivity index (χ0v) is 17.3. The lowest BCUT2D eigenvalue weighted by Gasteiger charge is -2.25. The van der Waals surface area contributed by atoms with Crippen LogP contribution in [0.15, 0.2) is 48.0 Å². The van der Waals surface area contributed by atoms with Crippen LogP contribution < -0.4 is 4.74 Å². The van der Waals surface area contributed by atoms with Crippen molar-refractivity contribution in [2.24, 2.45) is 0 Å². The summed E-state index contributed by atoms with van der Waals surface area (Å²) in [5.41, 5.74) is 0.826. The summed E-state index contributed by atoms with van der Waals surface area (Å²) in [6.45, 7) is 2.46. The van der Waals surface area contributed by atoms with Gasteiger partial charge in [0.05, 0.1) is 24.8 Å². The molecule has 1 heterocycles. The van der Waals surface area contributed by atoms with E-state index in [2.05, 4.69) is 0 Å². The van der Waals surface area contributed by atoms with Crippen molar-refractivity contribution in [3.8, 4) is 11.5 Å². The van der Waals surface area contributed by atoms with Crippen LogP contribution in [-0.4, -0.2) is 53.7 Å². The third kappa shape index (κ3) is 4.13. The number of aliphatic hydroxyl groups is 1. The Morgan fingerprint density at radius 3 is 2.50 bits per heavy atom. The molecule has 1 aliphatic heterocycles. The molecule has 2 aromatic carbocycles. The minimum Gasteiger partial charge on any atom is -0.507 e. The summed E-state index contributed by atoms with van der Waals surface area (Å²) in [5.74, 6) is -1.68. The van der Waals surface area contributed by atoms with E-state index in [9.17, 15) is 19.8 Å². The number of nitrogens with zero attached hydrogens (tertiary/aromatic N) is 1. The zero-order valence-electron chi connectivity index (χ0n) is 16.6. The molecule has 0 saturated carbocycles. The van der Waals surface area contributed by atoms with E-state index in [1.165, 1.54) is 18.1 Å². The second kappa shape index (κ2) is 9.19. The molecule has 0 aromatic heterocycles. The molecule has 0 radical (unpaired) electrons. The van der Waals surface area contributed by atoms with Crippen LogP contribution in [0.5, 0.6) is 11.5 Å². The lowest BCUT2D eigenvalue weighted by atomic mass is 9.95. The maximum absolute atomic E-state index is 12.9. The number of ketones is 1. The van der Waals surface area contributed by atoms with Gasteiger partial charge in [-0.1, -0.05) is 17.7 Å². The number of halogens is 1. The summed E-state index contributed by atoms with van der Waals surface area (Å²) in [6.07, 6.45) is 0. The van der Waals surface area contributed by atoms with Crippen molar-refractivity contribution in [3.05, 3.63) is 64.2 Å². The van der Waals surface area contributed by atoms with Gasteiger partial charge in [0.2, 0.25) is 0 Å². The molecule has 0 aliphatic carbocycles. The molecule has 1 unspecified atom stereocenters. The van der Waals surface area contributed by atoms with Crippen molar-refractivity contribution in [2.45, 2.75) is 13.0 Å². The molecule has 3 rings (SSSR count). The molecular weight excluding hydrogens is 410 g/mol. The summed E-state index contributed by atoms with van der Waals surface area (Å²) in [6, 6.07) is 10.0. The fraction of sp³-hybridized carbons (Fsp3) is 0.273. The Morgan fingerprint density at radius 2 is 1.87 bits per heavy atom. The van der Waals surface area contributed by atoms with Gasteiger partial charge < -0.3 is 24.6 Å². The third-order valence-corrected chi connectivity index (χ3v) is 5.05. The first-order chi connectivity index (χ1) is 14.4. The lowest BCUT2D eigenvalue weighted by Crippen LogP contribution is -2.32. The number of Topliss-reactive ketones (excluding diaryl/α,β-unsaturated/α-hetero) is 1. The van der Waals surface area contributed by atoms with Crippen LogP contribution in [0.25, 0.3) is 5.76 Å². The van der Waals surface area contributed by atoms with Crippen molar-refractivity contribution >= 4 is 29.1 Å². The van der Waals surface area contributed by atoms with E-state index in [0.717, 1.165) is 0 Å². The van der Waals surface area contributed by atoms with Crippen molar-refractivity contribution < 1.29 is 29.3 Å². The molecule has 2 aromatic rings. The summed E-state index contributed by atoms with van der Waals surface area (Å²) < 4.78 is 10.5. The summed E-state index contributed by atoms with van der Waals surface area (Å²) >= 11 is 5.92. The molecule has 1 aliphatic rings. The highest BCUT2D eigenvalue weighted by Crippen LogP contribution is 2.41. The minimum atomic E-state index is -0.865. The maximum atomic E-state index is 12.9. The highest BCUT2D eigenvalue weighted by atomic mass is 35.5. The van der Waals surface area contributed by atoms with E-state index in [1.807, 2.05) is 0 Å². The van der Waals surface area contributed by atoms with Gasteiger partial charge in [0, 0.05) is 24.2 Å². The number of carbonyl (C=O) groups excluding carboxylic acids is 2. The summed E-state index contributed by atoms with van der Waals surface area (Å²) in [4.78, 5) is 27.0. The number of likely N-dealkylation sites (tertiary alicyclic amines) is 1. The number of phenols is 1. The van der Waals surface area contributed by atoms with E-state index in [4.69, 9.17) is 21.1 Å². The number of carbonyl (C=O) groups is 2. The fourth-order valence-corrected chi connectivity index (χ4v) is 3.51. The van der Waals surface area contributed by atoms with Crippen LogP contribution in [0.3, 0.4) is 0 Å². The van der Waals surface area contributed by atoms with Crippen LogP contribution >= 0.6 is 11.6 Å². The minimum absolute atomic E-state index is 0.0495. The Labute approximate surface area is 179 Å². The smallest absolute Gasteiger partial charge is 0.295 e. The molecule has 30 heavy (non-hydrogen) atoms. The van der Waals surface area contributed by atoms with E-state index >= 15 is 0 Å². The van der Waals surface area contributed by atoms with E-state index in [0.29, 0.717) is 22.8 Å². The number of ether oxygens (including phenoxy) is 2. The first kappa shape index (κ1) is 21.7. The molecule has 1 saturated heterocycles.